The molecule has 0 atom stereocenters. The first kappa shape index (κ1) is 29.7. The van der Waals surface area contributed by atoms with Crippen LogP contribution in [0.4, 0.5) is 43.9 Å². The molecular formula is C22H4F10N2O6-2. The standard InChI is InChI=1S/C22H4F10N2O6/c23-9-7(10(24)14(28)17(31)13(9)27)19(35)5-3(21(37)33-39)1-2-4(22(38)34-40)6(5)20(36)8-11(25)15(29)18(32)16(30)12(8)26/h1-2H,(H2-2,33,34,35,36,37,38,39,40)/q-2. The van der Waals surface area contributed by atoms with Crippen molar-refractivity contribution in [2.45, 2.75) is 0 Å². The molecule has 2 amide bonds. The Morgan fingerprint density at radius 1 is 0.425 bits per heavy atom. The summed E-state index contributed by atoms with van der Waals surface area (Å²) in [5.41, 5.74) is -10.9. The molecule has 0 saturated carbocycles. The van der Waals surface area contributed by atoms with Crippen molar-refractivity contribution in [3.05, 3.63) is 114 Å². The van der Waals surface area contributed by atoms with Gasteiger partial charge < -0.3 is 21.4 Å². The van der Waals surface area contributed by atoms with Gasteiger partial charge >= 0.3 is 0 Å². The number of carbonyl (C=O) groups is 4. The van der Waals surface area contributed by atoms with E-state index in [0.717, 1.165) is 0 Å². The second kappa shape index (κ2) is 10.7. The van der Waals surface area contributed by atoms with E-state index in [1.165, 1.54) is 0 Å². The van der Waals surface area contributed by atoms with Crippen molar-refractivity contribution in [2.24, 2.45) is 0 Å². The lowest BCUT2D eigenvalue weighted by Crippen LogP contribution is -2.29. The average molecular weight is 582 g/mol. The van der Waals surface area contributed by atoms with E-state index in [9.17, 15) is 73.5 Å². The number of hydrogen-bond donors (Lipinski definition) is 2. The molecule has 0 unspecified atom stereocenters. The number of benzene rings is 3. The molecule has 0 aromatic heterocycles. The zero-order chi connectivity index (χ0) is 30.4. The molecule has 0 spiro atoms. The van der Waals surface area contributed by atoms with E-state index in [2.05, 4.69) is 0 Å². The van der Waals surface area contributed by atoms with Crippen LogP contribution in [0.15, 0.2) is 12.1 Å². The van der Waals surface area contributed by atoms with Crippen LogP contribution >= 0.6 is 0 Å². The second-order valence-corrected chi connectivity index (χ2v) is 7.32. The van der Waals surface area contributed by atoms with Gasteiger partial charge in [-0.15, -0.1) is 0 Å². The van der Waals surface area contributed by atoms with Crippen molar-refractivity contribution >= 4 is 23.4 Å². The van der Waals surface area contributed by atoms with Crippen LogP contribution in [0, 0.1) is 68.6 Å². The third-order valence-corrected chi connectivity index (χ3v) is 5.21. The molecular weight excluding hydrogens is 578 g/mol. The fourth-order valence-corrected chi connectivity index (χ4v) is 3.42. The van der Waals surface area contributed by atoms with Crippen LogP contribution in [0.5, 0.6) is 0 Å². The summed E-state index contributed by atoms with van der Waals surface area (Å²) in [7, 11) is 0. The van der Waals surface area contributed by atoms with Gasteiger partial charge in [0.25, 0.3) is 0 Å². The first-order valence-corrected chi connectivity index (χ1v) is 9.78. The maximum absolute atomic E-state index is 14.4. The number of halogens is 10. The Labute approximate surface area is 212 Å². The van der Waals surface area contributed by atoms with E-state index in [1.807, 2.05) is 0 Å². The summed E-state index contributed by atoms with van der Waals surface area (Å²) < 4.78 is 140. The second-order valence-electron chi connectivity index (χ2n) is 7.32. The highest BCUT2D eigenvalue weighted by Crippen LogP contribution is 2.33. The summed E-state index contributed by atoms with van der Waals surface area (Å²) in [4.78, 5) is 50.5. The molecule has 0 fully saturated rings. The minimum atomic E-state index is -2.85. The van der Waals surface area contributed by atoms with E-state index < -0.39 is 115 Å². The molecule has 0 saturated heterocycles. The Morgan fingerprint density at radius 2 is 0.650 bits per heavy atom. The number of ketones is 2. The highest BCUT2D eigenvalue weighted by molar-refractivity contribution is 6.26. The Hall–Kier alpha value is -4.84. The van der Waals surface area contributed by atoms with Crippen LogP contribution in [-0.4, -0.2) is 23.4 Å². The first-order chi connectivity index (χ1) is 18.6. The molecule has 0 aliphatic heterocycles. The Kier molecular flexibility index (Phi) is 7.97. The number of hydrogen-bond acceptors (Lipinski definition) is 6. The number of carbonyl (C=O) groups excluding carboxylic acids is 4. The van der Waals surface area contributed by atoms with Gasteiger partial charge in [0, 0.05) is 11.1 Å². The van der Waals surface area contributed by atoms with Gasteiger partial charge in [-0.05, 0) is 12.1 Å². The number of hydroxylamine groups is 2. The van der Waals surface area contributed by atoms with E-state index in [1.54, 1.807) is 0 Å². The van der Waals surface area contributed by atoms with Gasteiger partial charge in [0.2, 0.25) is 35.0 Å². The van der Waals surface area contributed by atoms with Crippen LogP contribution in [0.2, 0.25) is 0 Å². The van der Waals surface area contributed by atoms with Crippen LogP contribution in [0.3, 0.4) is 0 Å². The third-order valence-electron chi connectivity index (χ3n) is 5.21. The normalized spacial score (nSPS) is 10.9. The summed E-state index contributed by atoms with van der Waals surface area (Å²) in [6.07, 6.45) is 0. The molecule has 18 heteroatoms. The van der Waals surface area contributed by atoms with Crippen molar-refractivity contribution in [2.75, 3.05) is 0 Å². The van der Waals surface area contributed by atoms with Crippen molar-refractivity contribution in [1.82, 2.24) is 11.0 Å². The minimum Gasteiger partial charge on any atom is -0.759 e. The Morgan fingerprint density at radius 3 is 0.875 bits per heavy atom. The molecule has 3 aromatic rings. The fraction of sp³-hybridized carbons (Fsp3) is 0. The lowest BCUT2D eigenvalue weighted by molar-refractivity contribution is 0.0939. The molecule has 2 N–H and O–H groups in total. The molecule has 0 heterocycles. The molecule has 0 aliphatic carbocycles. The van der Waals surface area contributed by atoms with Gasteiger partial charge in [0.1, 0.15) is 11.1 Å². The lowest BCUT2D eigenvalue weighted by atomic mass is 9.85. The largest absolute Gasteiger partial charge is 0.759 e. The fourth-order valence-electron chi connectivity index (χ4n) is 3.42. The van der Waals surface area contributed by atoms with Crippen LogP contribution in [-0.2, 0) is 0 Å². The summed E-state index contributed by atoms with van der Waals surface area (Å²) in [5, 5.41) is 22.0. The maximum Gasteiger partial charge on any atom is 0.241 e. The maximum atomic E-state index is 14.4. The number of nitrogens with one attached hydrogen (secondary N) is 2. The minimum absolute atomic E-state index is 0.215. The zero-order valence-electron chi connectivity index (χ0n) is 18.4. The molecule has 40 heavy (non-hydrogen) atoms. The van der Waals surface area contributed by atoms with Crippen LogP contribution in [0.25, 0.3) is 0 Å². The highest BCUT2D eigenvalue weighted by atomic mass is 19.2. The zero-order valence-corrected chi connectivity index (χ0v) is 18.4. The van der Waals surface area contributed by atoms with Crippen LogP contribution < -0.4 is 11.0 Å². The van der Waals surface area contributed by atoms with Crippen molar-refractivity contribution in [3.8, 4) is 0 Å². The van der Waals surface area contributed by atoms with Crippen molar-refractivity contribution in [1.29, 1.82) is 0 Å². The van der Waals surface area contributed by atoms with Gasteiger partial charge in [0.15, 0.2) is 46.5 Å². The molecule has 8 nitrogen and oxygen atoms in total. The molecule has 210 valence electrons. The lowest BCUT2D eigenvalue weighted by Gasteiger charge is -2.20. The average Bonchev–Trinajstić information content (AvgIpc) is 2.95. The number of rotatable bonds is 6. The van der Waals surface area contributed by atoms with Gasteiger partial charge in [-0.2, -0.15) is 0 Å². The molecule has 3 aromatic carbocycles. The van der Waals surface area contributed by atoms with E-state index >= 15 is 0 Å². The van der Waals surface area contributed by atoms with Gasteiger partial charge in [0.05, 0.1) is 11.1 Å². The summed E-state index contributed by atoms with van der Waals surface area (Å²) in [6.45, 7) is 0. The summed E-state index contributed by atoms with van der Waals surface area (Å²) >= 11 is 0. The van der Waals surface area contributed by atoms with Gasteiger partial charge in [-0.25, -0.2) is 43.9 Å². The molecule has 0 radical (unpaired) electrons. The van der Waals surface area contributed by atoms with Crippen molar-refractivity contribution < 1.29 is 63.1 Å². The highest BCUT2D eigenvalue weighted by Gasteiger charge is 2.38. The predicted molar refractivity (Wildman–Crippen MR) is 107 cm³/mol. The summed E-state index contributed by atoms with van der Waals surface area (Å²) in [5.74, 6) is -37.6. The topological polar surface area (TPSA) is 138 Å². The quantitative estimate of drug-likeness (QED) is 0.148. The first-order valence-electron chi connectivity index (χ1n) is 9.78. The van der Waals surface area contributed by atoms with Crippen LogP contribution in [0.1, 0.15) is 52.6 Å². The Bertz CT molecular complexity index is 1480. The number of amides is 2. The molecule has 3 rings (SSSR count). The van der Waals surface area contributed by atoms with Gasteiger partial charge in [-0.3, -0.25) is 19.2 Å². The van der Waals surface area contributed by atoms with E-state index in [4.69, 9.17) is 0 Å². The van der Waals surface area contributed by atoms with E-state index in [-0.39, 0.29) is 12.1 Å². The Balaban J connectivity index is 2.60. The molecule has 0 bridgehead atoms. The third kappa shape index (κ3) is 4.41. The van der Waals surface area contributed by atoms with E-state index in [0.29, 0.717) is 11.0 Å². The van der Waals surface area contributed by atoms with Crippen molar-refractivity contribution in [3.63, 3.8) is 0 Å². The summed E-state index contributed by atoms with van der Waals surface area (Å²) in [6, 6.07) is 0.429. The predicted octanol–water partition coefficient (Wildman–Crippen LogP) is 3.99. The van der Waals surface area contributed by atoms with Gasteiger partial charge in [-0.1, -0.05) is 0 Å². The molecule has 0 aliphatic rings. The monoisotopic (exact) mass is 582 g/mol. The SMILES string of the molecule is O=C(N[O-])c1ccc(C(=O)N[O-])c(C(=O)c2c(F)c(F)c(F)c(F)c2F)c1C(=O)c1c(F)c(F)c(F)c(F)c1F. The smallest absolute Gasteiger partial charge is 0.241 e.